The van der Waals surface area contributed by atoms with Crippen molar-refractivity contribution < 1.29 is 5.11 Å². The van der Waals surface area contributed by atoms with Crippen LogP contribution in [0.5, 0.6) is 0 Å². The summed E-state index contributed by atoms with van der Waals surface area (Å²) in [6.07, 6.45) is 3.70. The van der Waals surface area contributed by atoms with E-state index in [-0.39, 0.29) is 6.61 Å². The molecule has 62 valence electrons. The average molecular weight is 164 g/mol. The highest BCUT2D eigenvalue weighted by Crippen LogP contribution is 2.03. The number of nitrogens with one attached hydrogen (secondary N) is 1. The number of hydrogen-bond donors (Lipinski definition) is 2. The predicted molar refractivity (Wildman–Crippen MR) is 42.5 cm³/mol. The zero-order chi connectivity index (χ0) is 8.39. The van der Waals surface area contributed by atoms with E-state index in [9.17, 15) is 0 Å². The molecule has 0 aliphatic rings. The lowest BCUT2D eigenvalue weighted by Crippen LogP contribution is -1.97. The van der Waals surface area contributed by atoms with Gasteiger partial charge in [0.15, 0.2) is 5.65 Å². The van der Waals surface area contributed by atoms with Gasteiger partial charge >= 0.3 is 0 Å². The van der Waals surface area contributed by atoms with Gasteiger partial charge in [-0.1, -0.05) is 0 Å². The fourth-order valence-electron chi connectivity index (χ4n) is 0.996. The lowest BCUT2D eigenvalue weighted by atomic mass is 10.4. The summed E-state index contributed by atoms with van der Waals surface area (Å²) in [6.45, 7) is 0.0691. The quantitative estimate of drug-likeness (QED) is 0.649. The second-order valence-electron chi connectivity index (χ2n) is 2.40. The molecule has 0 saturated carbocycles. The zero-order valence-corrected chi connectivity index (χ0v) is 6.36. The summed E-state index contributed by atoms with van der Waals surface area (Å²) in [5, 5.41) is 8.64. The molecule has 0 unspecified atom stereocenters. The Morgan fingerprint density at radius 1 is 1.42 bits per heavy atom. The summed E-state index contributed by atoms with van der Waals surface area (Å²) >= 11 is 0. The number of H-pyrrole nitrogens is 1. The summed E-state index contributed by atoms with van der Waals surface area (Å²) in [7, 11) is 0. The van der Waals surface area contributed by atoms with Gasteiger partial charge in [0.1, 0.15) is 11.3 Å². The van der Waals surface area contributed by atoms with Crippen LogP contribution in [0.2, 0.25) is 0 Å². The van der Waals surface area contributed by atoms with Crippen molar-refractivity contribution in [1.82, 2.24) is 19.9 Å². The van der Waals surface area contributed by atoms with E-state index in [0.717, 1.165) is 5.52 Å². The van der Waals surface area contributed by atoms with Crippen molar-refractivity contribution in [2.45, 2.75) is 6.42 Å². The van der Waals surface area contributed by atoms with Gasteiger partial charge in [-0.25, -0.2) is 15.0 Å². The number of imidazole rings is 1. The van der Waals surface area contributed by atoms with Gasteiger partial charge in [-0.3, -0.25) is 0 Å². The molecule has 0 aliphatic heterocycles. The number of aliphatic hydroxyl groups excluding tert-OH is 1. The molecule has 5 heteroatoms. The highest BCUT2D eigenvalue weighted by molar-refractivity contribution is 5.67. The molecule has 2 N–H and O–H groups in total. The Bertz CT molecular complexity index is 384. The third kappa shape index (κ3) is 1.14. The minimum atomic E-state index is 0.0691. The number of fused-ring (bicyclic) bond motifs is 1. The van der Waals surface area contributed by atoms with Crippen LogP contribution in [0.4, 0.5) is 0 Å². The van der Waals surface area contributed by atoms with Crippen LogP contribution in [0.15, 0.2) is 12.5 Å². The molecule has 5 nitrogen and oxygen atoms in total. The van der Waals surface area contributed by atoms with Crippen LogP contribution in [0.1, 0.15) is 5.82 Å². The highest BCUT2D eigenvalue weighted by Gasteiger charge is 1.99. The second kappa shape index (κ2) is 2.86. The smallest absolute Gasteiger partial charge is 0.160 e. The van der Waals surface area contributed by atoms with E-state index in [0.29, 0.717) is 17.9 Å². The van der Waals surface area contributed by atoms with Crippen LogP contribution in [0.3, 0.4) is 0 Å². The summed E-state index contributed by atoms with van der Waals surface area (Å²) in [6, 6.07) is 0. The van der Waals surface area contributed by atoms with Crippen molar-refractivity contribution in [3.8, 4) is 0 Å². The average Bonchev–Trinajstić information content (AvgIpc) is 2.51. The summed E-state index contributed by atoms with van der Waals surface area (Å²) in [5.74, 6) is 0.634. The summed E-state index contributed by atoms with van der Waals surface area (Å²) in [5.41, 5.74) is 1.46. The van der Waals surface area contributed by atoms with Gasteiger partial charge in [-0.05, 0) is 0 Å². The molecule has 0 fully saturated rings. The van der Waals surface area contributed by atoms with Gasteiger partial charge in [-0.15, -0.1) is 0 Å². The van der Waals surface area contributed by atoms with Crippen LogP contribution >= 0.6 is 0 Å². The molecular formula is C7H8N4O. The normalized spacial score (nSPS) is 10.8. The van der Waals surface area contributed by atoms with Crippen molar-refractivity contribution in [2.24, 2.45) is 0 Å². The Morgan fingerprint density at radius 3 is 3.17 bits per heavy atom. The van der Waals surface area contributed by atoms with Crippen LogP contribution in [0.25, 0.3) is 11.2 Å². The highest BCUT2D eigenvalue weighted by atomic mass is 16.3. The third-order valence-electron chi connectivity index (χ3n) is 1.56. The maximum atomic E-state index is 8.64. The van der Waals surface area contributed by atoms with Crippen LogP contribution < -0.4 is 0 Å². The first-order valence-electron chi connectivity index (χ1n) is 3.66. The maximum absolute atomic E-state index is 8.64. The molecule has 0 spiro atoms. The molecule has 0 radical (unpaired) electrons. The van der Waals surface area contributed by atoms with Crippen LogP contribution in [0, 0.1) is 0 Å². The summed E-state index contributed by atoms with van der Waals surface area (Å²) < 4.78 is 0. The maximum Gasteiger partial charge on any atom is 0.160 e. The number of rotatable bonds is 2. The van der Waals surface area contributed by atoms with E-state index in [2.05, 4.69) is 19.9 Å². The third-order valence-corrected chi connectivity index (χ3v) is 1.56. The van der Waals surface area contributed by atoms with Crippen molar-refractivity contribution in [1.29, 1.82) is 0 Å². The molecule has 2 rings (SSSR count). The van der Waals surface area contributed by atoms with Crippen molar-refractivity contribution in [3.05, 3.63) is 18.3 Å². The van der Waals surface area contributed by atoms with Gasteiger partial charge in [0, 0.05) is 6.42 Å². The predicted octanol–water partition coefficient (Wildman–Crippen LogP) is -0.112. The molecular weight excluding hydrogens is 156 g/mol. The fourth-order valence-corrected chi connectivity index (χ4v) is 0.996. The van der Waals surface area contributed by atoms with E-state index in [1.54, 1.807) is 12.5 Å². The van der Waals surface area contributed by atoms with E-state index >= 15 is 0 Å². The monoisotopic (exact) mass is 164 g/mol. The van der Waals surface area contributed by atoms with Crippen LogP contribution in [-0.4, -0.2) is 31.6 Å². The van der Waals surface area contributed by atoms with Gasteiger partial charge in [-0.2, -0.15) is 0 Å². The Balaban J connectivity index is 2.46. The number of nitrogens with zero attached hydrogens (tertiary/aromatic N) is 3. The van der Waals surface area contributed by atoms with E-state index < -0.39 is 0 Å². The number of aromatic amines is 1. The molecule has 0 bridgehead atoms. The molecule has 12 heavy (non-hydrogen) atoms. The van der Waals surface area contributed by atoms with Crippen molar-refractivity contribution >= 4 is 11.2 Å². The molecule has 2 aromatic heterocycles. The zero-order valence-electron chi connectivity index (χ0n) is 6.36. The fraction of sp³-hybridized carbons (Fsp3) is 0.286. The largest absolute Gasteiger partial charge is 0.396 e. The van der Waals surface area contributed by atoms with Crippen molar-refractivity contribution in [2.75, 3.05) is 6.61 Å². The Morgan fingerprint density at radius 2 is 2.33 bits per heavy atom. The van der Waals surface area contributed by atoms with Gasteiger partial charge in [0.25, 0.3) is 0 Å². The minimum absolute atomic E-state index is 0.0691. The second-order valence-corrected chi connectivity index (χ2v) is 2.40. The van der Waals surface area contributed by atoms with E-state index in [1.165, 1.54) is 0 Å². The SMILES string of the molecule is OCCc1ncc2nc[nH]c2n1. The molecule has 2 heterocycles. The number of aromatic nitrogens is 4. The summed E-state index contributed by atoms with van der Waals surface area (Å²) in [4.78, 5) is 15.0. The Kier molecular flexibility index (Phi) is 1.71. The van der Waals surface area contributed by atoms with Crippen LogP contribution in [-0.2, 0) is 6.42 Å². The molecule has 0 aliphatic carbocycles. The lowest BCUT2D eigenvalue weighted by Gasteiger charge is -1.94. The van der Waals surface area contributed by atoms with Gasteiger partial charge in [0.2, 0.25) is 0 Å². The molecule has 0 saturated heterocycles. The first-order valence-corrected chi connectivity index (χ1v) is 3.66. The molecule has 0 aromatic carbocycles. The molecule has 0 amide bonds. The van der Waals surface area contributed by atoms with E-state index in [4.69, 9.17) is 5.11 Å². The standard InChI is InChI=1S/C7H8N4O/c12-2-1-6-8-3-5-7(11-6)10-4-9-5/h3-4,12H,1-2H2,(H,8,9,10,11). The Hall–Kier alpha value is -1.49. The van der Waals surface area contributed by atoms with Crippen molar-refractivity contribution in [3.63, 3.8) is 0 Å². The van der Waals surface area contributed by atoms with E-state index in [1.807, 2.05) is 0 Å². The minimum Gasteiger partial charge on any atom is -0.396 e. The Labute approximate surface area is 68.5 Å². The number of aliphatic hydroxyl groups is 1. The van der Waals surface area contributed by atoms with Gasteiger partial charge in [0.05, 0.1) is 19.1 Å². The molecule has 2 aromatic rings. The first-order chi connectivity index (χ1) is 5.90. The lowest BCUT2D eigenvalue weighted by molar-refractivity contribution is 0.296. The number of hydrogen-bond acceptors (Lipinski definition) is 4. The molecule has 0 atom stereocenters. The topological polar surface area (TPSA) is 74.7 Å². The van der Waals surface area contributed by atoms with Gasteiger partial charge < -0.3 is 10.1 Å². The first kappa shape index (κ1) is 7.17.